The summed E-state index contributed by atoms with van der Waals surface area (Å²) in [7, 11) is 0. The molecule has 0 atom stereocenters. The molecule has 2 aromatic rings. The molecule has 2 N–H and O–H groups in total. The van der Waals surface area contributed by atoms with Gasteiger partial charge in [-0.3, -0.25) is 4.79 Å². The molecule has 1 aromatic carbocycles. The summed E-state index contributed by atoms with van der Waals surface area (Å²) in [6, 6.07) is 9.63. The summed E-state index contributed by atoms with van der Waals surface area (Å²) in [5.41, 5.74) is 4.85. The number of nitrogens with two attached hydrogens (primary N) is 1. The number of hydrogen-bond donors (Lipinski definition) is 1. The van der Waals surface area contributed by atoms with Crippen molar-refractivity contribution in [1.29, 1.82) is 0 Å². The van der Waals surface area contributed by atoms with Gasteiger partial charge < -0.3 is 10.5 Å². The van der Waals surface area contributed by atoms with Gasteiger partial charge in [-0.15, -0.1) is 0 Å². The summed E-state index contributed by atoms with van der Waals surface area (Å²) in [6.07, 6.45) is 0. The molecule has 0 fully saturated rings. The molecule has 0 saturated carbocycles. The minimum absolute atomic E-state index is 0.0318. The number of hydrogen-bond acceptors (Lipinski definition) is 4. The first-order valence-corrected chi connectivity index (χ1v) is 6.23. The fourth-order valence-electron chi connectivity index (χ4n) is 1.57. The molecule has 108 valence electrons. The van der Waals surface area contributed by atoms with Gasteiger partial charge in [0, 0.05) is 0 Å². The maximum Gasteiger partial charge on any atom is 0.360 e. The van der Waals surface area contributed by atoms with Crippen molar-refractivity contribution >= 4 is 23.5 Å². The molecule has 21 heavy (non-hydrogen) atoms. The van der Waals surface area contributed by atoms with E-state index in [-0.39, 0.29) is 17.3 Å². The number of esters is 1. The van der Waals surface area contributed by atoms with Gasteiger partial charge in [0.15, 0.2) is 11.5 Å². The Labute approximate surface area is 124 Å². The first-order chi connectivity index (χ1) is 9.99. The smallest absolute Gasteiger partial charge is 0.360 e. The highest BCUT2D eigenvalue weighted by Crippen LogP contribution is 2.17. The van der Waals surface area contributed by atoms with Crippen LogP contribution in [0.3, 0.4) is 0 Å². The molecule has 1 aromatic heterocycles. The van der Waals surface area contributed by atoms with Gasteiger partial charge in [-0.2, -0.15) is 0 Å². The standard InChI is InChI=1S/C14H10ClFN2O3/c15-12-9(13(17)19)6-10(16)11(18-12)14(20)21-7-8-4-2-1-3-5-8/h1-6H,7H2,(H2,17,19). The van der Waals surface area contributed by atoms with E-state index in [9.17, 15) is 14.0 Å². The van der Waals surface area contributed by atoms with E-state index in [0.29, 0.717) is 0 Å². The third-order valence-corrected chi connectivity index (χ3v) is 2.89. The lowest BCUT2D eigenvalue weighted by Crippen LogP contribution is -2.16. The minimum Gasteiger partial charge on any atom is -0.456 e. The second-order valence-corrected chi connectivity index (χ2v) is 4.44. The number of amides is 1. The predicted molar refractivity (Wildman–Crippen MR) is 73.3 cm³/mol. The third-order valence-electron chi connectivity index (χ3n) is 2.60. The number of carbonyl (C=O) groups excluding carboxylic acids is 2. The van der Waals surface area contributed by atoms with Crippen LogP contribution in [0.4, 0.5) is 4.39 Å². The van der Waals surface area contributed by atoms with Crippen molar-refractivity contribution in [3.8, 4) is 0 Å². The van der Waals surface area contributed by atoms with E-state index in [2.05, 4.69) is 4.98 Å². The van der Waals surface area contributed by atoms with Crippen LogP contribution in [0.2, 0.25) is 5.15 Å². The number of ether oxygens (including phenoxy) is 1. The maximum absolute atomic E-state index is 13.7. The lowest BCUT2D eigenvalue weighted by Gasteiger charge is -2.07. The van der Waals surface area contributed by atoms with Crippen LogP contribution in [-0.4, -0.2) is 16.9 Å². The molecule has 0 aliphatic carbocycles. The Hall–Kier alpha value is -2.47. The van der Waals surface area contributed by atoms with E-state index < -0.39 is 23.4 Å². The van der Waals surface area contributed by atoms with E-state index >= 15 is 0 Å². The zero-order chi connectivity index (χ0) is 15.4. The molecular formula is C14H10ClFN2O3. The van der Waals surface area contributed by atoms with Crippen molar-refractivity contribution in [2.24, 2.45) is 5.73 Å². The van der Waals surface area contributed by atoms with Crippen molar-refractivity contribution in [2.45, 2.75) is 6.61 Å². The number of carbonyl (C=O) groups is 2. The third kappa shape index (κ3) is 3.55. The van der Waals surface area contributed by atoms with Gasteiger partial charge in [-0.25, -0.2) is 14.2 Å². The second kappa shape index (κ2) is 6.32. The molecule has 2 rings (SSSR count). The molecule has 0 bridgehead atoms. The van der Waals surface area contributed by atoms with E-state index in [0.717, 1.165) is 11.6 Å². The highest BCUT2D eigenvalue weighted by Gasteiger charge is 2.20. The van der Waals surface area contributed by atoms with Crippen LogP contribution >= 0.6 is 11.6 Å². The number of rotatable bonds is 4. The normalized spacial score (nSPS) is 10.2. The van der Waals surface area contributed by atoms with Crippen LogP contribution in [0.25, 0.3) is 0 Å². The summed E-state index contributed by atoms with van der Waals surface area (Å²) in [4.78, 5) is 26.3. The van der Waals surface area contributed by atoms with Crippen molar-refractivity contribution in [3.05, 3.63) is 64.2 Å². The summed E-state index contributed by atoms with van der Waals surface area (Å²) >= 11 is 5.67. The van der Waals surface area contributed by atoms with Gasteiger partial charge in [-0.1, -0.05) is 41.9 Å². The fourth-order valence-corrected chi connectivity index (χ4v) is 1.81. The molecule has 0 aliphatic rings. The quantitative estimate of drug-likeness (QED) is 0.694. The first kappa shape index (κ1) is 14.9. The molecule has 0 aliphatic heterocycles. The fraction of sp³-hybridized carbons (Fsp3) is 0.0714. The monoisotopic (exact) mass is 308 g/mol. The number of aromatic nitrogens is 1. The number of nitrogens with zero attached hydrogens (tertiary/aromatic N) is 1. The Bertz CT molecular complexity index is 692. The number of halogens is 2. The molecule has 5 nitrogen and oxygen atoms in total. The Balaban J connectivity index is 2.16. The lowest BCUT2D eigenvalue weighted by atomic mass is 10.2. The van der Waals surface area contributed by atoms with Crippen LogP contribution in [-0.2, 0) is 11.3 Å². The molecule has 0 spiro atoms. The van der Waals surface area contributed by atoms with Crippen molar-refractivity contribution in [2.75, 3.05) is 0 Å². The molecule has 1 amide bonds. The van der Waals surface area contributed by atoms with Crippen LogP contribution in [0, 0.1) is 5.82 Å². The highest BCUT2D eigenvalue weighted by molar-refractivity contribution is 6.32. The number of pyridine rings is 1. The van der Waals surface area contributed by atoms with Crippen molar-refractivity contribution in [3.63, 3.8) is 0 Å². The van der Waals surface area contributed by atoms with E-state index in [1.54, 1.807) is 24.3 Å². The molecule has 0 radical (unpaired) electrons. The second-order valence-electron chi connectivity index (χ2n) is 4.08. The average Bonchev–Trinajstić information content (AvgIpc) is 2.47. The zero-order valence-corrected chi connectivity index (χ0v) is 11.4. The summed E-state index contributed by atoms with van der Waals surface area (Å²) in [6.45, 7) is -0.0318. The summed E-state index contributed by atoms with van der Waals surface area (Å²) in [5, 5.41) is -0.351. The van der Waals surface area contributed by atoms with Gasteiger partial charge in [0.1, 0.15) is 11.8 Å². The maximum atomic E-state index is 13.7. The molecule has 0 unspecified atom stereocenters. The highest BCUT2D eigenvalue weighted by atomic mass is 35.5. The molecule has 7 heteroatoms. The zero-order valence-electron chi connectivity index (χ0n) is 10.7. The predicted octanol–water partition coefficient (Wildman–Crippen LogP) is 2.33. The Kier molecular flexibility index (Phi) is 4.49. The Morgan fingerprint density at radius 2 is 1.95 bits per heavy atom. The first-order valence-electron chi connectivity index (χ1n) is 5.86. The van der Waals surface area contributed by atoms with E-state index in [1.165, 1.54) is 0 Å². The van der Waals surface area contributed by atoms with E-state index in [4.69, 9.17) is 22.1 Å². The topological polar surface area (TPSA) is 82.3 Å². The number of benzene rings is 1. The van der Waals surface area contributed by atoms with Crippen molar-refractivity contribution in [1.82, 2.24) is 4.98 Å². The SMILES string of the molecule is NC(=O)c1cc(F)c(C(=O)OCc2ccccc2)nc1Cl. The summed E-state index contributed by atoms with van der Waals surface area (Å²) in [5.74, 6) is -2.93. The lowest BCUT2D eigenvalue weighted by molar-refractivity contribution is 0.0459. The molecule has 0 saturated heterocycles. The minimum atomic E-state index is -1.02. The van der Waals surface area contributed by atoms with Gasteiger partial charge in [0.05, 0.1) is 5.56 Å². The average molecular weight is 309 g/mol. The van der Waals surface area contributed by atoms with Crippen LogP contribution in [0.1, 0.15) is 26.4 Å². The Morgan fingerprint density at radius 1 is 1.29 bits per heavy atom. The van der Waals surface area contributed by atoms with Crippen LogP contribution in [0.15, 0.2) is 36.4 Å². The Morgan fingerprint density at radius 3 is 2.57 bits per heavy atom. The molecular weight excluding hydrogens is 299 g/mol. The van der Waals surface area contributed by atoms with Crippen molar-refractivity contribution < 1.29 is 18.7 Å². The van der Waals surface area contributed by atoms with Gasteiger partial charge in [0.2, 0.25) is 0 Å². The van der Waals surface area contributed by atoms with Gasteiger partial charge in [0.25, 0.3) is 5.91 Å². The summed E-state index contributed by atoms with van der Waals surface area (Å²) < 4.78 is 18.7. The van der Waals surface area contributed by atoms with Gasteiger partial charge in [-0.05, 0) is 11.6 Å². The van der Waals surface area contributed by atoms with Crippen LogP contribution < -0.4 is 5.73 Å². The largest absolute Gasteiger partial charge is 0.456 e. The van der Waals surface area contributed by atoms with E-state index in [1.807, 2.05) is 6.07 Å². The van der Waals surface area contributed by atoms with Gasteiger partial charge >= 0.3 is 5.97 Å². The van der Waals surface area contributed by atoms with Crippen LogP contribution in [0.5, 0.6) is 0 Å². The molecule has 1 heterocycles. The number of primary amides is 1.